The maximum absolute atomic E-state index is 13.4. The number of rotatable bonds is 7. The normalized spacial score (nSPS) is 11.0. The molecule has 2 aromatic carbocycles. The van der Waals surface area contributed by atoms with E-state index in [2.05, 4.69) is 4.74 Å². The average Bonchev–Trinajstić information content (AvgIpc) is 2.65. The number of esters is 2. The molecule has 0 aromatic heterocycles. The van der Waals surface area contributed by atoms with Crippen molar-refractivity contribution in [3.8, 4) is 0 Å². The first kappa shape index (κ1) is 19.5. The van der Waals surface area contributed by atoms with Crippen LogP contribution < -0.4 is 4.72 Å². The Morgan fingerprint density at radius 2 is 1.73 bits per heavy atom. The van der Waals surface area contributed by atoms with Crippen LogP contribution in [0.2, 0.25) is 0 Å². The molecule has 1 N–H and O–H groups in total. The molecule has 0 aliphatic heterocycles. The molecule has 0 radical (unpaired) electrons. The number of carbonyl (C=O) groups is 2. The monoisotopic (exact) mass is 381 g/mol. The predicted molar refractivity (Wildman–Crippen MR) is 89.2 cm³/mol. The summed E-state index contributed by atoms with van der Waals surface area (Å²) in [7, 11) is -3.03. The average molecular weight is 381 g/mol. The van der Waals surface area contributed by atoms with Gasteiger partial charge in [0.1, 0.15) is 19.0 Å². The predicted octanol–water partition coefficient (Wildman–Crippen LogP) is 1.63. The number of carbonyl (C=O) groups excluding carboxylic acids is 2. The van der Waals surface area contributed by atoms with Crippen LogP contribution >= 0.6 is 0 Å². The molecule has 9 heteroatoms. The molecule has 0 spiro atoms. The second-order valence-corrected chi connectivity index (χ2v) is 6.80. The summed E-state index contributed by atoms with van der Waals surface area (Å²) in [6.45, 7) is -1.00. The van der Waals surface area contributed by atoms with Crippen LogP contribution in [0.25, 0.3) is 0 Å². The summed E-state index contributed by atoms with van der Waals surface area (Å²) in [6.07, 6.45) is 0. The van der Waals surface area contributed by atoms with Crippen LogP contribution in [0.15, 0.2) is 53.4 Å². The number of sulfonamides is 1. The van der Waals surface area contributed by atoms with Crippen molar-refractivity contribution in [1.82, 2.24) is 4.72 Å². The summed E-state index contributed by atoms with van der Waals surface area (Å²) in [4.78, 5) is 23.1. The first-order chi connectivity index (χ1) is 12.3. The fraction of sp³-hybridized carbons (Fsp3) is 0.176. The number of hydrogen-bond donors (Lipinski definition) is 1. The highest BCUT2D eigenvalue weighted by Crippen LogP contribution is 2.16. The van der Waals surface area contributed by atoms with Crippen LogP contribution in [-0.4, -0.2) is 34.0 Å². The minimum Gasteiger partial charge on any atom is -0.465 e. The molecule has 7 nitrogen and oxygen atoms in total. The topological polar surface area (TPSA) is 98.8 Å². The van der Waals surface area contributed by atoms with Crippen molar-refractivity contribution in [1.29, 1.82) is 0 Å². The third-order valence-corrected chi connectivity index (χ3v) is 4.79. The third-order valence-electron chi connectivity index (χ3n) is 3.33. The van der Waals surface area contributed by atoms with Crippen molar-refractivity contribution in [2.75, 3.05) is 13.7 Å². The van der Waals surface area contributed by atoms with Crippen LogP contribution in [0, 0.1) is 5.82 Å². The molecule has 0 aliphatic rings. The van der Waals surface area contributed by atoms with E-state index >= 15 is 0 Å². The Morgan fingerprint density at radius 3 is 2.42 bits per heavy atom. The van der Waals surface area contributed by atoms with Gasteiger partial charge in [-0.2, -0.15) is 4.72 Å². The smallest absolute Gasteiger partial charge is 0.339 e. The van der Waals surface area contributed by atoms with Crippen molar-refractivity contribution in [2.45, 2.75) is 11.5 Å². The number of hydrogen-bond acceptors (Lipinski definition) is 6. The summed E-state index contributed by atoms with van der Waals surface area (Å²) >= 11 is 0. The second kappa shape index (κ2) is 8.54. The van der Waals surface area contributed by atoms with Crippen molar-refractivity contribution in [3.05, 3.63) is 65.5 Å². The lowest BCUT2D eigenvalue weighted by atomic mass is 10.2. The van der Waals surface area contributed by atoms with Gasteiger partial charge in [0, 0.05) is 5.56 Å². The Kier molecular flexibility index (Phi) is 6.42. The number of benzene rings is 2. The van der Waals surface area contributed by atoms with Crippen LogP contribution in [0.3, 0.4) is 0 Å². The number of halogens is 1. The number of nitrogens with one attached hydrogen (secondary N) is 1. The van der Waals surface area contributed by atoms with Gasteiger partial charge in [-0.1, -0.05) is 30.3 Å². The molecule has 0 bridgehead atoms. The van der Waals surface area contributed by atoms with E-state index in [1.807, 2.05) is 4.72 Å². The standard InChI is InChI=1S/C17H16FNO6S/c1-24-17(21)13-7-3-5-9-15(13)26(22,23)19-10-16(20)25-11-12-6-2-4-8-14(12)18/h2-9,19H,10-11H2,1H3. The Bertz CT molecular complexity index is 913. The SMILES string of the molecule is COC(=O)c1ccccc1S(=O)(=O)NCC(=O)OCc1ccccc1F. The second-order valence-electron chi connectivity index (χ2n) is 5.06. The summed E-state index contributed by atoms with van der Waals surface area (Å²) in [5, 5.41) is 0. The summed E-state index contributed by atoms with van der Waals surface area (Å²) in [6, 6.07) is 11.1. The highest BCUT2D eigenvalue weighted by Gasteiger charge is 2.23. The summed E-state index contributed by atoms with van der Waals surface area (Å²) in [5.74, 6) is -2.26. The fourth-order valence-corrected chi connectivity index (χ4v) is 3.20. The van der Waals surface area contributed by atoms with E-state index in [1.54, 1.807) is 6.07 Å². The minimum absolute atomic E-state index is 0.165. The van der Waals surface area contributed by atoms with Crippen molar-refractivity contribution in [3.63, 3.8) is 0 Å². The molecular weight excluding hydrogens is 365 g/mol. The third kappa shape index (κ3) is 4.87. The molecule has 2 aromatic rings. The highest BCUT2D eigenvalue weighted by atomic mass is 32.2. The van der Waals surface area contributed by atoms with Gasteiger partial charge in [-0.25, -0.2) is 17.6 Å². The van der Waals surface area contributed by atoms with Crippen molar-refractivity contribution >= 4 is 22.0 Å². The molecule has 0 saturated heterocycles. The van der Waals surface area contributed by atoms with E-state index < -0.39 is 34.3 Å². The first-order valence-corrected chi connectivity index (χ1v) is 8.89. The molecular formula is C17H16FNO6S. The first-order valence-electron chi connectivity index (χ1n) is 7.41. The van der Waals surface area contributed by atoms with Gasteiger partial charge in [-0.05, 0) is 18.2 Å². The van der Waals surface area contributed by atoms with E-state index in [0.717, 1.165) is 7.11 Å². The quantitative estimate of drug-likeness (QED) is 0.732. The van der Waals surface area contributed by atoms with Crippen LogP contribution in [-0.2, 0) is 30.9 Å². The Balaban J connectivity index is 2.01. The fourth-order valence-electron chi connectivity index (χ4n) is 2.04. The number of ether oxygens (including phenoxy) is 2. The van der Waals surface area contributed by atoms with Gasteiger partial charge in [0.2, 0.25) is 10.0 Å². The lowest BCUT2D eigenvalue weighted by Crippen LogP contribution is -2.31. The van der Waals surface area contributed by atoms with Crippen LogP contribution in [0.4, 0.5) is 4.39 Å². The molecule has 0 atom stereocenters. The van der Waals surface area contributed by atoms with Gasteiger partial charge < -0.3 is 9.47 Å². The van der Waals surface area contributed by atoms with E-state index in [-0.39, 0.29) is 22.6 Å². The van der Waals surface area contributed by atoms with E-state index in [4.69, 9.17) is 4.74 Å². The Hall–Kier alpha value is -2.78. The highest BCUT2D eigenvalue weighted by molar-refractivity contribution is 7.89. The maximum atomic E-state index is 13.4. The number of methoxy groups -OCH3 is 1. The molecule has 0 heterocycles. The van der Waals surface area contributed by atoms with Crippen molar-refractivity contribution < 1.29 is 31.9 Å². The Labute approximate surface area is 149 Å². The molecule has 26 heavy (non-hydrogen) atoms. The molecule has 0 fully saturated rings. The van der Waals surface area contributed by atoms with Gasteiger partial charge in [0.25, 0.3) is 0 Å². The van der Waals surface area contributed by atoms with Gasteiger partial charge in [-0.15, -0.1) is 0 Å². The summed E-state index contributed by atoms with van der Waals surface area (Å²) < 4.78 is 49.5. The van der Waals surface area contributed by atoms with Crippen molar-refractivity contribution in [2.24, 2.45) is 0 Å². The zero-order valence-corrected chi connectivity index (χ0v) is 14.6. The molecule has 0 saturated carbocycles. The zero-order valence-electron chi connectivity index (χ0n) is 13.8. The van der Waals surface area contributed by atoms with Gasteiger partial charge in [0.05, 0.1) is 17.6 Å². The van der Waals surface area contributed by atoms with Gasteiger partial charge >= 0.3 is 11.9 Å². The lowest BCUT2D eigenvalue weighted by Gasteiger charge is -2.10. The van der Waals surface area contributed by atoms with Gasteiger partial charge in [0.15, 0.2) is 0 Å². The van der Waals surface area contributed by atoms with Crippen LogP contribution in [0.5, 0.6) is 0 Å². The zero-order chi connectivity index (χ0) is 19.2. The van der Waals surface area contributed by atoms with Crippen LogP contribution in [0.1, 0.15) is 15.9 Å². The lowest BCUT2D eigenvalue weighted by molar-refractivity contribution is -0.143. The minimum atomic E-state index is -4.16. The van der Waals surface area contributed by atoms with E-state index in [9.17, 15) is 22.4 Å². The molecule has 0 amide bonds. The Morgan fingerprint density at radius 1 is 1.08 bits per heavy atom. The largest absolute Gasteiger partial charge is 0.465 e. The van der Waals surface area contributed by atoms with Gasteiger partial charge in [-0.3, -0.25) is 4.79 Å². The molecule has 2 rings (SSSR count). The molecule has 0 unspecified atom stereocenters. The molecule has 138 valence electrons. The molecule has 0 aliphatic carbocycles. The van der Waals surface area contributed by atoms with E-state index in [0.29, 0.717) is 0 Å². The maximum Gasteiger partial charge on any atom is 0.339 e. The summed E-state index contributed by atoms with van der Waals surface area (Å²) in [5.41, 5.74) is 0.00182. The van der Waals surface area contributed by atoms with E-state index in [1.165, 1.54) is 42.5 Å².